The maximum Gasteiger partial charge on any atom is 0.0949 e. The Morgan fingerprint density at radius 1 is 1.62 bits per heavy atom. The number of halogens is 1. The Balaban J connectivity index is 2.92. The van der Waals surface area contributed by atoms with Crippen molar-refractivity contribution in [3.63, 3.8) is 0 Å². The Bertz CT molecular complexity index is 169. The van der Waals surface area contributed by atoms with E-state index in [0.717, 1.165) is 11.1 Å². The van der Waals surface area contributed by atoms with Crippen LogP contribution < -0.4 is 0 Å². The zero-order chi connectivity index (χ0) is 5.98. The molecule has 0 bridgehead atoms. The minimum absolute atomic E-state index is 0.544. The fourth-order valence-electron chi connectivity index (χ4n) is 0.524. The molecule has 0 aliphatic carbocycles. The molecule has 0 amide bonds. The number of hydrogen-bond donors (Lipinski definition) is 0. The molecule has 1 nitrogen and oxygen atoms in total. The molecule has 44 valence electrons. The fourth-order valence-corrected chi connectivity index (χ4v) is 0.798. The summed E-state index contributed by atoms with van der Waals surface area (Å²) in [5.74, 6) is 0.544. The third-order valence-corrected chi connectivity index (χ3v) is 1.39. The zero-order valence-electron chi connectivity index (χ0n) is 4.65. The van der Waals surface area contributed by atoms with Crippen molar-refractivity contribution in [3.05, 3.63) is 23.7 Å². The van der Waals surface area contributed by atoms with E-state index in [1.807, 2.05) is 6.92 Å². The van der Waals surface area contributed by atoms with E-state index in [9.17, 15) is 0 Å². The van der Waals surface area contributed by atoms with E-state index in [2.05, 4.69) is 0 Å². The van der Waals surface area contributed by atoms with Crippen molar-refractivity contribution in [1.29, 1.82) is 0 Å². The summed E-state index contributed by atoms with van der Waals surface area (Å²) in [6.45, 7) is 1.97. The number of alkyl halides is 1. The van der Waals surface area contributed by atoms with Gasteiger partial charge >= 0.3 is 0 Å². The molecule has 0 spiro atoms. The maximum atomic E-state index is 5.51. The molecular weight excluding hydrogens is 124 g/mol. The van der Waals surface area contributed by atoms with Gasteiger partial charge in [-0.1, -0.05) is 0 Å². The minimum atomic E-state index is 0.544. The van der Waals surface area contributed by atoms with E-state index in [0.29, 0.717) is 5.88 Å². The minimum Gasteiger partial charge on any atom is -0.472 e. The first kappa shape index (κ1) is 5.70. The highest BCUT2D eigenvalue weighted by atomic mass is 35.5. The summed E-state index contributed by atoms with van der Waals surface area (Å²) in [5.41, 5.74) is 2.20. The third kappa shape index (κ3) is 0.869. The van der Waals surface area contributed by atoms with Crippen molar-refractivity contribution in [1.82, 2.24) is 0 Å². The van der Waals surface area contributed by atoms with Crippen LogP contribution in [0.5, 0.6) is 0 Å². The molecule has 1 rings (SSSR count). The summed E-state index contributed by atoms with van der Waals surface area (Å²) >= 11 is 5.51. The molecule has 0 aliphatic rings. The Hall–Kier alpha value is -0.430. The van der Waals surface area contributed by atoms with Crippen molar-refractivity contribution in [3.8, 4) is 0 Å². The van der Waals surface area contributed by atoms with Crippen molar-refractivity contribution < 1.29 is 4.42 Å². The summed E-state index contributed by atoms with van der Waals surface area (Å²) in [4.78, 5) is 0. The molecule has 0 fully saturated rings. The highest BCUT2D eigenvalue weighted by Crippen LogP contribution is 2.10. The van der Waals surface area contributed by atoms with E-state index in [1.165, 1.54) is 0 Å². The Kier molecular flexibility index (Phi) is 1.59. The van der Waals surface area contributed by atoms with Gasteiger partial charge in [-0.2, -0.15) is 0 Å². The lowest BCUT2D eigenvalue weighted by Gasteiger charge is -1.83. The SMILES string of the molecule is Cc1cocc1CCl. The highest BCUT2D eigenvalue weighted by molar-refractivity contribution is 6.17. The lowest BCUT2D eigenvalue weighted by Crippen LogP contribution is -1.72. The lowest BCUT2D eigenvalue weighted by atomic mass is 10.2. The van der Waals surface area contributed by atoms with Gasteiger partial charge in [-0.3, -0.25) is 0 Å². The van der Waals surface area contributed by atoms with Gasteiger partial charge in [0.25, 0.3) is 0 Å². The van der Waals surface area contributed by atoms with E-state index < -0.39 is 0 Å². The first-order valence-electron chi connectivity index (χ1n) is 2.42. The predicted octanol–water partition coefficient (Wildman–Crippen LogP) is 2.33. The van der Waals surface area contributed by atoms with Crippen molar-refractivity contribution >= 4 is 11.6 Å². The Labute approximate surface area is 53.3 Å². The van der Waals surface area contributed by atoms with Gasteiger partial charge in [0.15, 0.2) is 0 Å². The standard InChI is InChI=1S/C6H7ClO/c1-5-3-8-4-6(5)2-7/h3-4H,2H2,1H3. The van der Waals surface area contributed by atoms with Gasteiger partial charge < -0.3 is 4.42 Å². The number of rotatable bonds is 1. The fraction of sp³-hybridized carbons (Fsp3) is 0.333. The molecule has 0 unspecified atom stereocenters. The molecule has 0 atom stereocenters. The van der Waals surface area contributed by atoms with Gasteiger partial charge in [-0.05, 0) is 12.5 Å². The topological polar surface area (TPSA) is 13.1 Å². The average molecular weight is 131 g/mol. The van der Waals surface area contributed by atoms with Crippen molar-refractivity contribution in [2.45, 2.75) is 12.8 Å². The molecule has 0 saturated heterocycles. The van der Waals surface area contributed by atoms with Gasteiger partial charge in [-0.15, -0.1) is 11.6 Å². The predicted molar refractivity (Wildman–Crippen MR) is 33.0 cm³/mol. The second kappa shape index (κ2) is 2.23. The first-order chi connectivity index (χ1) is 3.84. The number of furan rings is 1. The van der Waals surface area contributed by atoms with Gasteiger partial charge in [0.05, 0.1) is 18.4 Å². The molecule has 0 saturated carbocycles. The summed E-state index contributed by atoms with van der Waals surface area (Å²) in [5, 5.41) is 0. The third-order valence-electron chi connectivity index (χ3n) is 1.11. The summed E-state index contributed by atoms with van der Waals surface area (Å²) in [6, 6.07) is 0. The van der Waals surface area contributed by atoms with E-state index in [1.54, 1.807) is 12.5 Å². The van der Waals surface area contributed by atoms with Gasteiger partial charge in [0, 0.05) is 5.56 Å². The van der Waals surface area contributed by atoms with Gasteiger partial charge in [-0.25, -0.2) is 0 Å². The quantitative estimate of drug-likeness (QED) is 0.532. The summed E-state index contributed by atoms with van der Waals surface area (Å²) in [7, 11) is 0. The molecule has 0 radical (unpaired) electrons. The van der Waals surface area contributed by atoms with Crippen LogP contribution >= 0.6 is 11.6 Å². The smallest absolute Gasteiger partial charge is 0.0949 e. The number of hydrogen-bond acceptors (Lipinski definition) is 1. The lowest BCUT2D eigenvalue weighted by molar-refractivity contribution is 0.563. The van der Waals surface area contributed by atoms with E-state index in [4.69, 9.17) is 16.0 Å². The molecule has 1 aromatic rings. The Morgan fingerprint density at radius 2 is 2.38 bits per heavy atom. The molecule has 0 aliphatic heterocycles. The normalized spacial score (nSPS) is 9.75. The van der Waals surface area contributed by atoms with Gasteiger partial charge in [0.2, 0.25) is 0 Å². The van der Waals surface area contributed by atoms with Crippen LogP contribution in [-0.2, 0) is 5.88 Å². The molecule has 1 aromatic heterocycles. The van der Waals surface area contributed by atoms with E-state index in [-0.39, 0.29) is 0 Å². The summed E-state index contributed by atoms with van der Waals surface area (Å²) < 4.78 is 4.85. The molecule has 0 N–H and O–H groups in total. The van der Waals surface area contributed by atoms with Crippen LogP contribution in [0.4, 0.5) is 0 Å². The van der Waals surface area contributed by atoms with Crippen LogP contribution in [0.25, 0.3) is 0 Å². The molecular formula is C6H7ClO. The average Bonchev–Trinajstić information content (AvgIpc) is 2.14. The van der Waals surface area contributed by atoms with Crippen LogP contribution in [0.2, 0.25) is 0 Å². The Morgan fingerprint density at radius 3 is 2.62 bits per heavy atom. The highest BCUT2D eigenvalue weighted by Gasteiger charge is 1.95. The second-order valence-electron chi connectivity index (χ2n) is 1.71. The van der Waals surface area contributed by atoms with Crippen molar-refractivity contribution in [2.75, 3.05) is 0 Å². The zero-order valence-corrected chi connectivity index (χ0v) is 5.40. The van der Waals surface area contributed by atoms with Crippen LogP contribution in [0.3, 0.4) is 0 Å². The maximum absolute atomic E-state index is 5.51. The van der Waals surface area contributed by atoms with Crippen LogP contribution in [0.15, 0.2) is 16.9 Å². The van der Waals surface area contributed by atoms with Gasteiger partial charge in [0.1, 0.15) is 0 Å². The van der Waals surface area contributed by atoms with E-state index >= 15 is 0 Å². The van der Waals surface area contributed by atoms with Crippen LogP contribution in [0.1, 0.15) is 11.1 Å². The molecule has 2 heteroatoms. The largest absolute Gasteiger partial charge is 0.472 e. The monoisotopic (exact) mass is 130 g/mol. The summed E-state index contributed by atoms with van der Waals surface area (Å²) in [6.07, 6.45) is 3.36. The first-order valence-corrected chi connectivity index (χ1v) is 2.95. The number of aryl methyl sites for hydroxylation is 1. The molecule has 8 heavy (non-hydrogen) atoms. The van der Waals surface area contributed by atoms with Crippen molar-refractivity contribution in [2.24, 2.45) is 0 Å². The molecule has 0 aromatic carbocycles. The van der Waals surface area contributed by atoms with Crippen LogP contribution in [0, 0.1) is 6.92 Å². The van der Waals surface area contributed by atoms with Crippen LogP contribution in [-0.4, -0.2) is 0 Å². The molecule has 1 heterocycles. The second-order valence-corrected chi connectivity index (χ2v) is 1.98.